The maximum Gasteiger partial charge on any atom is 0.331 e. The van der Waals surface area contributed by atoms with E-state index in [1.54, 1.807) is 0 Å². The molecule has 0 aromatic rings. The van der Waals surface area contributed by atoms with E-state index in [1.807, 2.05) is 19.1 Å². The highest BCUT2D eigenvalue weighted by molar-refractivity contribution is 5.82. The summed E-state index contributed by atoms with van der Waals surface area (Å²) in [4.78, 5) is 13.7. The van der Waals surface area contributed by atoms with E-state index in [0.717, 1.165) is 44.7 Å². The van der Waals surface area contributed by atoms with Crippen LogP contribution in [0.15, 0.2) is 35.5 Å². The maximum absolute atomic E-state index is 11.3. The van der Waals surface area contributed by atoms with Gasteiger partial charge in [-0.05, 0) is 30.6 Å². The number of allylic oxidation sites excluding steroid dienone is 3. The standard InChI is InChI=1S/C15H22N2O2/c1-13-4-5-15(18)19-12-2-3-14(13)6-9-17-10-7-16-8-11-17/h2-5,16H,6-12H2,1H3/b3-2+,5-4+,14-13+. The van der Waals surface area contributed by atoms with E-state index >= 15 is 0 Å². The van der Waals surface area contributed by atoms with Crippen LogP contribution < -0.4 is 5.32 Å². The fraction of sp³-hybridized carbons (Fsp3) is 0.533. The molecule has 4 heteroatoms. The Hall–Kier alpha value is -1.39. The zero-order valence-corrected chi connectivity index (χ0v) is 11.5. The van der Waals surface area contributed by atoms with Crippen molar-refractivity contribution >= 4 is 5.97 Å². The molecular formula is C15H22N2O2. The summed E-state index contributed by atoms with van der Waals surface area (Å²) in [5.41, 5.74) is 2.43. The summed E-state index contributed by atoms with van der Waals surface area (Å²) in [6.45, 7) is 7.87. The van der Waals surface area contributed by atoms with Crippen molar-refractivity contribution in [2.45, 2.75) is 13.3 Å². The zero-order valence-electron chi connectivity index (χ0n) is 11.5. The lowest BCUT2D eigenvalue weighted by Crippen LogP contribution is -2.43. The minimum absolute atomic E-state index is 0.271. The van der Waals surface area contributed by atoms with Crippen LogP contribution in [-0.4, -0.2) is 50.2 Å². The molecule has 4 nitrogen and oxygen atoms in total. The molecule has 104 valence electrons. The Morgan fingerprint density at radius 2 is 2.05 bits per heavy atom. The summed E-state index contributed by atoms with van der Waals surface area (Å²) in [6, 6.07) is 0. The highest BCUT2D eigenvalue weighted by Gasteiger charge is 2.10. The molecule has 2 heterocycles. The van der Waals surface area contributed by atoms with Gasteiger partial charge in [-0.1, -0.05) is 12.2 Å². The number of ether oxygens (including phenoxy) is 1. The summed E-state index contributed by atoms with van der Waals surface area (Å²) in [6.07, 6.45) is 8.38. The predicted molar refractivity (Wildman–Crippen MR) is 75.9 cm³/mol. The van der Waals surface area contributed by atoms with Gasteiger partial charge in [0.2, 0.25) is 0 Å². The molecule has 0 bridgehead atoms. The summed E-state index contributed by atoms with van der Waals surface area (Å²) in [5, 5.41) is 3.36. The van der Waals surface area contributed by atoms with Crippen molar-refractivity contribution in [1.82, 2.24) is 10.2 Å². The van der Waals surface area contributed by atoms with Crippen LogP contribution in [0.2, 0.25) is 0 Å². The molecule has 2 aliphatic heterocycles. The van der Waals surface area contributed by atoms with E-state index < -0.39 is 0 Å². The number of rotatable bonds is 3. The topological polar surface area (TPSA) is 41.6 Å². The fourth-order valence-electron chi connectivity index (χ4n) is 2.29. The fourth-order valence-corrected chi connectivity index (χ4v) is 2.29. The van der Waals surface area contributed by atoms with Gasteiger partial charge in [-0.2, -0.15) is 0 Å². The molecule has 0 aromatic carbocycles. The number of nitrogens with one attached hydrogen (secondary N) is 1. The van der Waals surface area contributed by atoms with E-state index in [4.69, 9.17) is 4.74 Å². The van der Waals surface area contributed by atoms with Crippen molar-refractivity contribution in [1.29, 1.82) is 0 Å². The van der Waals surface area contributed by atoms with E-state index in [-0.39, 0.29) is 5.97 Å². The van der Waals surface area contributed by atoms with Crippen LogP contribution in [0.5, 0.6) is 0 Å². The van der Waals surface area contributed by atoms with Crippen molar-refractivity contribution in [3.05, 3.63) is 35.5 Å². The Morgan fingerprint density at radius 3 is 2.84 bits per heavy atom. The summed E-state index contributed by atoms with van der Waals surface area (Å²) < 4.78 is 5.00. The highest BCUT2D eigenvalue weighted by Crippen LogP contribution is 2.14. The minimum Gasteiger partial charge on any atom is -0.458 e. The molecule has 0 aromatic heterocycles. The van der Waals surface area contributed by atoms with Gasteiger partial charge in [0.25, 0.3) is 0 Å². The molecule has 2 rings (SSSR count). The number of cyclic esters (lactones) is 1. The minimum atomic E-state index is -0.271. The van der Waals surface area contributed by atoms with Gasteiger partial charge in [0.05, 0.1) is 0 Å². The van der Waals surface area contributed by atoms with Gasteiger partial charge < -0.3 is 15.0 Å². The van der Waals surface area contributed by atoms with Crippen LogP contribution in [0, 0.1) is 0 Å². The molecule has 1 fully saturated rings. The second-order valence-electron chi connectivity index (χ2n) is 4.92. The first-order chi connectivity index (χ1) is 9.25. The lowest BCUT2D eigenvalue weighted by molar-refractivity contribution is -0.136. The van der Waals surface area contributed by atoms with Crippen LogP contribution in [-0.2, 0) is 9.53 Å². The summed E-state index contributed by atoms with van der Waals surface area (Å²) >= 11 is 0. The number of piperazine rings is 1. The average Bonchev–Trinajstić information content (AvgIpc) is 2.51. The second-order valence-corrected chi connectivity index (χ2v) is 4.92. The molecule has 2 aliphatic rings. The Morgan fingerprint density at radius 1 is 1.26 bits per heavy atom. The predicted octanol–water partition coefficient (Wildman–Crippen LogP) is 1.27. The Balaban J connectivity index is 1.96. The van der Waals surface area contributed by atoms with E-state index in [1.165, 1.54) is 11.6 Å². The lowest BCUT2D eigenvalue weighted by atomic mass is 10.0. The molecule has 0 unspecified atom stereocenters. The van der Waals surface area contributed by atoms with E-state index in [9.17, 15) is 4.79 Å². The molecule has 0 aliphatic carbocycles. The van der Waals surface area contributed by atoms with E-state index in [0.29, 0.717) is 6.61 Å². The summed E-state index contributed by atoms with van der Waals surface area (Å²) in [7, 11) is 0. The molecule has 0 radical (unpaired) electrons. The number of carbonyl (C=O) groups is 1. The molecule has 0 amide bonds. The highest BCUT2D eigenvalue weighted by atomic mass is 16.5. The Labute approximate surface area is 114 Å². The van der Waals surface area contributed by atoms with Crippen LogP contribution >= 0.6 is 0 Å². The van der Waals surface area contributed by atoms with Crippen molar-refractivity contribution in [2.75, 3.05) is 39.3 Å². The first kappa shape index (κ1) is 14.0. The first-order valence-electron chi connectivity index (χ1n) is 6.90. The third-order valence-corrected chi connectivity index (χ3v) is 3.52. The maximum atomic E-state index is 11.3. The largest absolute Gasteiger partial charge is 0.458 e. The third-order valence-electron chi connectivity index (χ3n) is 3.52. The van der Waals surface area contributed by atoms with Gasteiger partial charge in [-0.25, -0.2) is 4.79 Å². The van der Waals surface area contributed by atoms with Crippen LogP contribution in [0.4, 0.5) is 0 Å². The molecule has 1 saturated heterocycles. The van der Waals surface area contributed by atoms with Crippen LogP contribution in [0.3, 0.4) is 0 Å². The van der Waals surface area contributed by atoms with Gasteiger partial charge in [-0.3, -0.25) is 0 Å². The SMILES string of the molecule is CC1=C(CCN2CCNCC2)/C=C/COC(=O)\C=C\1. The van der Waals surface area contributed by atoms with Crippen molar-refractivity contribution in [2.24, 2.45) is 0 Å². The normalized spacial score (nSPS) is 29.0. The number of hydrogen-bond acceptors (Lipinski definition) is 4. The number of nitrogens with zero attached hydrogens (tertiary/aromatic N) is 1. The van der Waals surface area contributed by atoms with Gasteiger partial charge in [0.15, 0.2) is 0 Å². The monoisotopic (exact) mass is 262 g/mol. The van der Waals surface area contributed by atoms with Crippen molar-refractivity contribution < 1.29 is 9.53 Å². The molecule has 0 saturated carbocycles. The number of hydrogen-bond donors (Lipinski definition) is 1. The van der Waals surface area contributed by atoms with Gasteiger partial charge in [0, 0.05) is 38.8 Å². The molecule has 1 N–H and O–H groups in total. The molecular weight excluding hydrogens is 240 g/mol. The third kappa shape index (κ3) is 4.65. The van der Waals surface area contributed by atoms with Gasteiger partial charge >= 0.3 is 5.97 Å². The second kappa shape index (κ2) is 7.26. The van der Waals surface area contributed by atoms with E-state index in [2.05, 4.69) is 16.3 Å². The van der Waals surface area contributed by atoms with Crippen molar-refractivity contribution in [3.63, 3.8) is 0 Å². The van der Waals surface area contributed by atoms with Crippen LogP contribution in [0.1, 0.15) is 13.3 Å². The zero-order chi connectivity index (χ0) is 13.5. The summed E-state index contributed by atoms with van der Waals surface area (Å²) in [5.74, 6) is -0.271. The van der Waals surface area contributed by atoms with Crippen LogP contribution in [0.25, 0.3) is 0 Å². The average molecular weight is 262 g/mol. The van der Waals surface area contributed by atoms with Crippen molar-refractivity contribution in [3.8, 4) is 0 Å². The molecule has 0 atom stereocenters. The first-order valence-corrected chi connectivity index (χ1v) is 6.90. The van der Waals surface area contributed by atoms with Gasteiger partial charge in [-0.15, -0.1) is 0 Å². The number of carbonyl (C=O) groups excluding carboxylic acids is 1. The number of esters is 1. The molecule has 0 spiro atoms. The molecule has 19 heavy (non-hydrogen) atoms. The lowest BCUT2D eigenvalue weighted by Gasteiger charge is -2.27. The smallest absolute Gasteiger partial charge is 0.331 e. The Kier molecular flexibility index (Phi) is 5.36. The quantitative estimate of drug-likeness (QED) is 0.778. The van der Waals surface area contributed by atoms with Gasteiger partial charge in [0.1, 0.15) is 6.61 Å². The Bertz CT molecular complexity index is 404.